The van der Waals surface area contributed by atoms with Crippen LogP contribution in [0.15, 0.2) is 0 Å². The number of hydrogen-bond donors (Lipinski definition) is 1. The maximum absolute atomic E-state index is 12.5. The molecule has 1 unspecified atom stereocenters. The van der Waals surface area contributed by atoms with Crippen LogP contribution >= 0.6 is 0 Å². The van der Waals surface area contributed by atoms with Crippen molar-refractivity contribution >= 4 is 11.9 Å². The van der Waals surface area contributed by atoms with Crippen LogP contribution in [0.2, 0.25) is 0 Å². The van der Waals surface area contributed by atoms with Crippen LogP contribution in [-0.4, -0.2) is 35.0 Å². The molecule has 0 aromatic rings. The summed E-state index contributed by atoms with van der Waals surface area (Å²) in [5, 5.41) is 9.16. The maximum atomic E-state index is 12.5. The molecule has 2 aliphatic carbocycles. The van der Waals surface area contributed by atoms with Gasteiger partial charge < -0.3 is 10.0 Å². The van der Waals surface area contributed by atoms with Gasteiger partial charge in [0.05, 0.1) is 6.42 Å². The van der Waals surface area contributed by atoms with Gasteiger partial charge in [0.1, 0.15) is 0 Å². The molecular formula is C16H27NO3. The highest BCUT2D eigenvalue weighted by Crippen LogP contribution is 2.43. The van der Waals surface area contributed by atoms with E-state index >= 15 is 0 Å². The van der Waals surface area contributed by atoms with E-state index in [9.17, 15) is 9.59 Å². The lowest BCUT2D eigenvalue weighted by Crippen LogP contribution is -2.40. The van der Waals surface area contributed by atoms with Gasteiger partial charge in [-0.15, -0.1) is 0 Å². The molecule has 1 amide bonds. The monoisotopic (exact) mass is 281 g/mol. The quantitative estimate of drug-likeness (QED) is 0.814. The second-order valence-electron chi connectivity index (χ2n) is 6.89. The number of carboxylic acid groups (broad SMARTS) is 1. The summed E-state index contributed by atoms with van der Waals surface area (Å²) in [7, 11) is 1.88. The molecule has 2 fully saturated rings. The smallest absolute Gasteiger partial charge is 0.303 e. The van der Waals surface area contributed by atoms with Crippen molar-refractivity contribution in [1.82, 2.24) is 4.90 Å². The number of carboxylic acids is 1. The van der Waals surface area contributed by atoms with Gasteiger partial charge in [-0.2, -0.15) is 0 Å². The Morgan fingerprint density at radius 3 is 2.30 bits per heavy atom. The van der Waals surface area contributed by atoms with E-state index in [0.29, 0.717) is 18.4 Å². The average molecular weight is 281 g/mol. The van der Waals surface area contributed by atoms with Crippen LogP contribution in [-0.2, 0) is 9.59 Å². The second kappa shape index (κ2) is 6.15. The molecule has 1 atom stereocenters. The Bertz CT molecular complexity index is 370. The number of aliphatic carboxylic acids is 1. The molecule has 0 spiro atoms. The first kappa shape index (κ1) is 15.3. The van der Waals surface area contributed by atoms with Crippen LogP contribution in [0.5, 0.6) is 0 Å². The van der Waals surface area contributed by atoms with E-state index < -0.39 is 5.97 Å². The van der Waals surface area contributed by atoms with E-state index in [2.05, 4.69) is 6.92 Å². The molecule has 0 radical (unpaired) electrons. The molecule has 2 saturated carbocycles. The molecule has 0 saturated heterocycles. The summed E-state index contributed by atoms with van der Waals surface area (Å²) in [6.45, 7) is 2.11. The maximum Gasteiger partial charge on any atom is 0.303 e. The number of carbonyl (C=O) groups is 2. The average Bonchev–Trinajstić information content (AvgIpc) is 3.21. The van der Waals surface area contributed by atoms with Crippen LogP contribution in [0, 0.1) is 11.3 Å². The van der Waals surface area contributed by atoms with E-state index in [4.69, 9.17) is 5.11 Å². The van der Waals surface area contributed by atoms with Crippen molar-refractivity contribution in [1.29, 1.82) is 0 Å². The van der Waals surface area contributed by atoms with Crippen molar-refractivity contribution in [3.63, 3.8) is 0 Å². The third-order valence-electron chi connectivity index (χ3n) is 5.28. The van der Waals surface area contributed by atoms with Gasteiger partial charge >= 0.3 is 5.97 Å². The lowest BCUT2D eigenvalue weighted by molar-refractivity contribution is -0.142. The normalized spacial score (nSPS) is 23.1. The molecule has 2 aliphatic rings. The standard InChI is InChI=1S/C16H27NO3/c1-12(13-6-7-13)17(2)14(18)10-16(11-15(19)20)8-4-3-5-9-16/h12-13H,3-11H2,1-2H3,(H,19,20). The zero-order valence-corrected chi connectivity index (χ0v) is 12.7. The van der Waals surface area contributed by atoms with E-state index in [1.54, 1.807) is 0 Å². The molecule has 0 aromatic heterocycles. The summed E-state index contributed by atoms with van der Waals surface area (Å²) in [6, 6.07) is 0.299. The van der Waals surface area contributed by atoms with Crippen LogP contribution in [0.3, 0.4) is 0 Å². The van der Waals surface area contributed by atoms with Gasteiger partial charge in [0.25, 0.3) is 0 Å². The van der Waals surface area contributed by atoms with Gasteiger partial charge in [0.15, 0.2) is 0 Å². The number of hydrogen-bond acceptors (Lipinski definition) is 2. The summed E-state index contributed by atoms with van der Waals surface area (Å²) in [5.41, 5.74) is -0.293. The van der Waals surface area contributed by atoms with Gasteiger partial charge in [-0.1, -0.05) is 19.3 Å². The highest BCUT2D eigenvalue weighted by atomic mass is 16.4. The van der Waals surface area contributed by atoms with Crippen LogP contribution in [0.1, 0.15) is 64.7 Å². The van der Waals surface area contributed by atoms with Gasteiger partial charge in [-0.05, 0) is 43.9 Å². The molecular weight excluding hydrogens is 254 g/mol. The predicted molar refractivity (Wildman–Crippen MR) is 77.3 cm³/mol. The third-order valence-corrected chi connectivity index (χ3v) is 5.28. The van der Waals surface area contributed by atoms with Gasteiger partial charge in [-0.25, -0.2) is 0 Å². The Kier molecular flexibility index (Phi) is 4.71. The minimum atomic E-state index is -0.766. The fraction of sp³-hybridized carbons (Fsp3) is 0.875. The lowest BCUT2D eigenvalue weighted by atomic mass is 9.69. The molecule has 1 N–H and O–H groups in total. The molecule has 20 heavy (non-hydrogen) atoms. The van der Waals surface area contributed by atoms with Gasteiger partial charge in [0, 0.05) is 19.5 Å². The minimum Gasteiger partial charge on any atom is -0.481 e. The largest absolute Gasteiger partial charge is 0.481 e. The van der Waals surface area contributed by atoms with Crippen molar-refractivity contribution in [3.05, 3.63) is 0 Å². The fourth-order valence-corrected chi connectivity index (χ4v) is 3.61. The fourth-order valence-electron chi connectivity index (χ4n) is 3.61. The molecule has 0 heterocycles. The van der Waals surface area contributed by atoms with Gasteiger partial charge in [-0.3, -0.25) is 9.59 Å². The van der Waals surface area contributed by atoms with Crippen LogP contribution in [0.25, 0.3) is 0 Å². The van der Waals surface area contributed by atoms with Crippen molar-refractivity contribution < 1.29 is 14.7 Å². The zero-order valence-electron chi connectivity index (χ0n) is 12.7. The van der Waals surface area contributed by atoms with Gasteiger partial charge in [0.2, 0.25) is 5.91 Å². The first-order chi connectivity index (χ1) is 9.43. The van der Waals surface area contributed by atoms with E-state index in [1.165, 1.54) is 19.3 Å². The number of carbonyl (C=O) groups excluding carboxylic acids is 1. The highest BCUT2D eigenvalue weighted by Gasteiger charge is 2.39. The predicted octanol–water partition coefficient (Wildman–Crippen LogP) is 3.06. The molecule has 0 aliphatic heterocycles. The molecule has 2 rings (SSSR count). The zero-order chi connectivity index (χ0) is 14.8. The Balaban J connectivity index is 1.98. The highest BCUT2D eigenvalue weighted by molar-refractivity contribution is 5.78. The minimum absolute atomic E-state index is 0.132. The molecule has 114 valence electrons. The summed E-state index contributed by atoms with van der Waals surface area (Å²) < 4.78 is 0. The molecule has 4 heteroatoms. The lowest BCUT2D eigenvalue weighted by Gasteiger charge is -2.37. The van der Waals surface area contributed by atoms with Crippen molar-refractivity contribution in [2.75, 3.05) is 7.05 Å². The van der Waals surface area contributed by atoms with Crippen LogP contribution < -0.4 is 0 Å². The topological polar surface area (TPSA) is 57.6 Å². The van der Waals surface area contributed by atoms with Crippen LogP contribution in [0.4, 0.5) is 0 Å². The summed E-state index contributed by atoms with van der Waals surface area (Å²) in [4.78, 5) is 25.5. The summed E-state index contributed by atoms with van der Waals surface area (Å²) >= 11 is 0. The summed E-state index contributed by atoms with van der Waals surface area (Å²) in [5.74, 6) is 0.0240. The Morgan fingerprint density at radius 2 is 1.80 bits per heavy atom. The Labute approximate surface area is 121 Å². The van der Waals surface area contributed by atoms with E-state index in [0.717, 1.165) is 25.7 Å². The first-order valence-electron chi connectivity index (χ1n) is 7.91. The summed E-state index contributed by atoms with van der Waals surface area (Å²) in [6.07, 6.45) is 8.05. The van der Waals surface area contributed by atoms with Crippen molar-refractivity contribution in [2.45, 2.75) is 70.8 Å². The third kappa shape index (κ3) is 3.74. The Hall–Kier alpha value is -1.06. The number of nitrogens with zero attached hydrogens (tertiary/aromatic N) is 1. The molecule has 0 bridgehead atoms. The first-order valence-corrected chi connectivity index (χ1v) is 7.91. The second-order valence-corrected chi connectivity index (χ2v) is 6.89. The van der Waals surface area contributed by atoms with E-state index in [1.807, 2.05) is 11.9 Å². The molecule has 4 nitrogen and oxygen atoms in total. The molecule has 0 aromatic carbocycles. The van der Waals surface area contributed by atoms with Crippen molar-refractivity contribution in [2.24, 2.45) is 11.3 Å². The Morgan fingerprint density at radius 1 is 1.20 bits per heavy atom. The van der Waals surface area contributed by atoms with Crippen molar-refractivity contribution in [3.8, 4) is 0 Å². The van der Waals surface area contributed by atoms with E-state index in [-0.39, 0.29) is 17.7 Å². The number of rotatable bonds is 6. The SMILES string of the molecule is CC(C1CC1)N(C)C(=O)CC1(CC(=O)O)CCCCC1. The number of amides is 1.